The molecule has 1 heterocycles. The highest BCUT2D eigenvalue weighted by atomic mass is 16.6. The molecule has 1 atom stereocenters. The van der Waals surface area contributed by atoms with Crippen molar-refractivity contribution in [2.75, 3.05) is 21.3 Å². The van der Waals surface area contributed by atoms with Crippen LogP contribution < -0.4 is 9.47 Å². The van der Waals surface area contributed by atoms with Gasteiger partial charge >= 0.3 is 11.9 Å². The van der Waals surface area contributed by atoms with Crippen LogP contribution in [-0.2, 0) is 19.1 Å². The van der Waals surface area contributed by atoms with Crippen LogP contribution in [0.15, 0.2) is 23.8 Å². The van der Waals surface area contributed by atoms with E-state index >= 15 is 0 Å². The van der Waals surface area contributed by atoms with Crippen molar-refractivity contribution >= 4 is 18.0 Å². The summed E-state index contributed by atoms with van der Waals surface area (Å²) >= 11 is 0. The molecule has 0 N–H and O–H groups in total. The molecule has 6 nitrogen and oxygen atoms in total. The van der Waals surface area contributed by atoms with Crippen LogP contribution in [0.3, 0.4) is 0 Å². The lowest BCUT2D eigenvalue weighted by Gasteiger charge is -2.25. The molecule has 6 heteroatoms. The van der Waals surface area contributed by atoms with E-state index in [1.807, 2.05) is 0 Å². The zero-order valence-electron chi connectivity index (χ0n) is 11.3. The Labute approximate surface area is 115 Å². The van der Waals surface area contributed by atoms with Gasteiger partial charge in [-0.3, -0.25) is 0 Å². The van der Waals surface area contributed by atoms with Crippen LogP contribution in [0.5, 0.6) is 11.5 Å². The molecule has 2 rings (SSSR count). The first kappa shape index (κ1) is 13.9. The zero-order chi connectivity index (χ0) is 14.7. The highest BCUT2D eigenvalue weighted by Gasteiger charge is 2.36. The van der Waals surface area contributed by atoms with Gasteiger partial charge in [0.25, 0.3) is 0 Å². The van der Waals surface area contributed by atoms with Crippen molar-refractivity contribution < 1.29 is 28.5 Å². The Balaban J connectivity index is 2.53. The third kappa shape index (κ3) is 2.32. The first-order valence-electron chi connectivity index (χ1n) is 5.83. The van der Waals surface area contributed by atoms with Gasteiger partial charge in [0, 0.05) is 5.56 Å². The molecule has 20 heavy (non-hydrogen) atoms. The fourth-order valence-electron chi connectivity index (χ4n) is 1.92. The number of carbonyl (C=O) groups excluding carboxylic acids is 2. The summed E-state index contributed by atoms with van der Waals surface area (Å²) in [5.41, 5.74) is 0.713. The SMILES string of the molecule is COC(=O)C1=Cc2cccc(OC)c2OC1C(=O)OC. The quantitative estimate of drug-likeness (QED) is 0.773. The number of fused-ring (bicyclic) bond motifs is 1. The smallest absolute Gasteiger partial charge is 0.352 e. The summed E-state index contributed by atoms with van der Waals surface area (Å²) in [7, 11) is 3.95. The third-order valence-corrected chi connectivity index (χ3v) is 2.89. The minimum atomic E-state index is -1.17. The molecule has 1 unspecified atom stereocenters. The molecule has 0 saturated heterocycles. The molecule has 0 saturated carbocycles. The standard InChI is InChI=1S/C14H14O6/c1-17-10-6-4-5-8-7-9(13(15)18-2)12(14(16)19-3)20-11(8)10/h4-7,12H,1-3H3. The van der Waals surface area contributed by atoms with E-state index in [9.17, 15) is 9.59 Å². The number of methoxy groups -OCH3 is 3. The van der Waals surface area contributed by atoms with Gasteiger partial charge in [-0.05, 0) is 12.1 Å². The molecule has 1 aliphatic heterocycles. The van der Waals surface area contributed by atoms with Gasteiger partial charge in [0.05, 0.1) is 26.9 Å². The van der Waals surface area contributed by atoms with E-state index in [2.05, 4.69) is 9.47 Å². The first-order valence-corrected chi connectivity index (χ1v) is 5.83. The van der Waals surface area contributed by atoms with E-state index in [4.69, 9.17) is 9.47 Å². The highest BCUT2D eigenvalue weighted by molar-refractivity contribution is 6.02. The lowest BCUT2D eigenvalue weighted by atomic mass is 10.0. The number of rotatable bonds is 3. The van der Waals surface area contributed by atoms with Gasteiger partial charge in [-0.15, -0.1) is 0 Å². The monoisotopic (exact) mass is 278 g/mol. The molecule has 0 radical (unpaired) electrons. The Kier molecular flexibility index (Phi) is 3.93. The van der Waals surface area contributed by atoms with Crippen molar-refractivity contribution in [3.63, 3.8) is 0 Å². The number of esters is 2. The predicted molar refractivity (Wildman–Crippen MR) is 69.4 cm³/mol. The summed E-state index contributed by atoms with van der Waals surface area (Å²) in [5.74, 6) is -0.471. The van der Waals surface area contributed by atoms with E-state index < -0.39 is 18.0 Å². The molecule has 1 aliphatic rings. The van der Waals surface area contributed by atoms with E-state index in [1.54, 1.807) is 18.2 Å². The Bertz CT molecular complexity index is 575. The number of hydrogen-bond acceptors (Lipinski definition) is 6. The van der Waals surface area contributed by atoms with Gasteiger partial charge < -0.3 is 18.9 Å². The van der Waals surface area contributed by atoms with Crippen LogP contribution >= 0.6 is 0 Å². The van der Waals surface area contributed by atoms with Gasteiger partial charge in [0.2, 0.25) is 6.10 Å². The van der Waals surface area contributed by atoms with Crippen molar-refractivity contribution in [1.82, 2.24) is 0 Å². The average Bonchev–Trinajstić information content (AvgIpc) is 2.51. The average molecular weight is 278 g/mol. The fraction of sp³-hybridized carbons (Fsp3) is 0.286. The van der Waals surface area contributed by atoms with Crippen LogP contribution in [-0.4, -0.2) is 39.4 Å². The molecule has 1 aromatic rings. The molecule has 0 aliphatic carbocycles. The Morgan fingerprint density at radius 3 is 2.50 bits per heavy atom. The van der Waals surface area contributed by atoms with Gasteiger partial charge in [0.1, 0.15) is 0 Å². The number of para-hydroxylation sites is 1. The summed E-state index contributed by atoms with van der Waals surface area (Å²) in [6, 6.07) is 5.20. The van der Waals surface area contributed by atoms with Gasteiger partial charge in [-0.25, -0.2) is 9.59 Å². The third-order valence-electron chi connectivity index (χ3n) is 2.89. The largest absolute Gasteiger partial charge is 0.493 e. The van der Waals surface area contributed by atoms with E-state index in [0.29, 0.717) is 17.1 Å². The summed E-state index contributed by atoms with van der Waals surface area (Å²) < 4.78 is 20.1. The number of carbonyl (C=O) groups is 2. The second kappa shape index (κ2) is 5.64. The van der Waals surface area contributed by atoms with Crippen molar-refractivity contribution in [2.24, 2.45) is 0 Å². The normalized spacial score (nSPS) is 16.4. The second-order valence-electron chi connectivity index (χ2n) is 3.99. The Hall–Kier alpha value is -2.50. The summed E-state index contributed by atoms with van der Waals surface area (Å²) in [4.78, 5) is 23.5. The van der Waals surface area contributed by atoms with Gasteiger partial charge in [-0.2, -0.15) is 0 Å². The van der Waals surface area contributed by atoms with E-state index in [0.717, 1.165) is 0 Å². The molecular weight excluding hydrogens is 264 g/mol. The van der Waals surface area contributed by atoms with Crippen LogP contribution in [0, 0.1) is 0 Å². The second-order valence-corrected chi connectivity index (χ2v) is 3.99. The molecular formula is C14H14O6. The van der Waals surface area contributed by atoms with Crippen molar-refractivity contribution in [3.05, 3.63) is 29.3 Å². The van der Waals surface area contributed by atoms with E-state index in [-0.39, 0.29) is 5.57 Å². The van der Waals surface area contributed by atoms with Crippen LogP contribution in [0.1, 0.15) is 5.56 Å². The molecule has 0 fully saturated rings. The summed E-state index contributed by atoms with van der Waals surface area (Å²) in [5, 5.41) is 0. The van der Waals surface area contributed by atoms with Crippen molar-refractivity contribution in [1.29, 1.82) is 0 Å². The predicted octanol–water partition coefficient (Wildman–Crippen LogP) is 1.19. The minimum Gasteiger partial charge on any atom is -0.493 e. The van der Waals surface area contributed by atoms with E-state index in [1.165, 1.54) is 27.4 Å². The Morgan fingerprint density at radius 2 is 1.90 bits per heavy atom. The van der Waals surface area contributed by atoms with Gasteiger partial charge in [0.15, 0.2) is 11.5 Å². The number of ether oxygens (including phenoxy) is 4. The van der Waals surface area contributed by atoms with Crippen LogP contribution in [0.2, 0.25) is 0 Å². The van der Waals surface area contributed by atoms with Gasteiger partial charge in [-0.1, -0.05) is 12.1 Å². The summed E-state index contributed by atoms with van der Waals surface area (Å²) in [6.07, 6.45) is 0.366. The topological polar surface area (TPSA) is 71.1 Å². The lowest BCUT2D eigenvalue weighted by molar-refractivity contribution is -0.150. The Morgan fingerprint density at radius 1 is 1.15 bits per heavy atom. The maximum Gasteiger partial charge on any atom is 0.352 e. The minimum absolute atomic E-state index is 0.0834. The fourth-order valence-corrected chi connectivity index (χ4v) is 1.92. The van der Waals surface area contributed by atoms with Crippen LogP contribution in [0.4, 0.5) is 0 Å². The summed E-state index contributed by atoms with van der Waals surface area (Å²) in [6.45, 7) is 0. The maximum absolute atomic E-state index is 11.8. The van der Waals surface area contributed by atoms with Crippen LogP contribution in [0.25, 0.3) is 6.08 Å². The number of benzene rings is 1. The molecule has 106 valence electrons. The first-order chi connectivity index (χ1) is 9.62. The van der Waals surface area contributed by atoms with Crippen molar-refractivity contribution in [3.8, 4) is 11.5 Å². The lowest BCUT2D eigenvalue weighted by Crippen LogP contribution is -2.36. The maximum atomic E-state index is 11.8. The molecule has 0 bridgehead atoms. The highest BCUT2D eigenvalue weighted by Crippen LogP contribution is 2.38. The van der Waals surface area contributed by atoms with Crippen molar-refractivity contribution in [2.45, 2.75) is 6.10 Å². The molecule has 1 aromatic carbocycles. The zero-order valence-corrected chi connectivity index (χ0v) is 11.3. The number of hydrogen-bond donors (Lipinski definition) is 0. The molecule has 0 spiro atoms. The molecule has 0 aromatic heterocycles. The molecule has 0 amide bonds.